The molecule has 0 aromatic carbocycles. The van der Waals surface area contributed by atoms with Crippen LogP contribution in [-0.2, 0) is 12.8 Å². The number of hydrogen-bond acceptors (Lipinski definition) is 4. The van der Waals surface area contributed by atoms with Gasteiger partial charge in [0.05, 0.1) is 36.4 Å². The third kappa shape index (κ3) is 2.50. The molecule has 0 unspecified atom stereocenters. The molecule has 0 saturated heterocycles. The summed E-state index contributed by atoms with van der Waals surface area (Å²) in [5.74, 6) is 0. The highest BCUT2D eigenvalue weighted by Crippen LogP contribution is 2.19. The van der Waals surface area contributed by atoms with Crippen LogP contribution in [0.15, 0.2) is 9.21 Å². The lowest BCUT2D eigenvalue weighted by atomic mass is 10.3. The van der Waals surface area contributed by atoms with E-state index in [-0.39, 0.29) is 12.8 Å². The van der Waals surface area contributed by atoms with E-state index in [9.17, 15) is 0 Å². The van der Waals surface area contributed by atoms with E-state index in [1.807, 2.05) is 12.1 Å². The van der Waals surface area contributed by atoms with Gasteiger partial charge in [0.1, 0.15) is 9.21 Å². The first kappa shape index (κ1) is 11.1. The molecule has 0 aliphatic rings. The van der Waals surface area contributed by atoms with Crippen molar-refractivity contribution >= 4 is 31.9 Å². The highest BCUT2D eigenvalue weighted by molar-refractivity contribution is 9.10. The van der Waals surface area contributed by atoms with Crippen LogP contribution in [0.1, 0.15) is 11.4 Å². The Morgan fingerprint density at radius 1 is 0.929 bits per heavy atom. The lowest BCUT2D eigenvalue weighted by molar-refractivity contribution is 0.949. The Labute approximate surface area is 97.9 Å². The second kappa shape index (κ2) is 5.04. The zero-order valence-electron chi connectivity index (χ0n) is 6.96. The van der Waals surface area contributed by atoms with E-state index in [0.717, 1.165) is 0 Å². The summed E-state index contributed by atoms with van der Waals surface area (Å²) in [7, 11) is 0. The Morgan fingerprint density at radius 2 is 1.29 bits per heavy atom. The number of aromatic nitrogens is 2. The molecule has 0 bridgehead atoms. The minimum atomic E-state index is 0.193. The van der Waals surface area contributed by atoms with Gasteiger partial charge in [-0.05, 0) is 31.9 Å². The predicted octanol–water partition coefficient (Wildman–Crippen LogP) is 2.13. The van der Waals surface area contributed by atoms with Gasteiger partial charge in [0.25, 0.3) is 0 Å². The summed E-state index contributed by atoms with van der Waals surface area (Å²) in [4.78, 5) is 8.23. The van der Waals surface area contributed by atoms with Gasteiger partial charge in [0.2, 0.25) is 0 Å². The summed E-state index contributed by atoms with van der Waals surface area (Å²) in [6.07, 6.45) is 0.387. The monoisotopic (exact) mass is 314 g/mol. The van der Waals surface area contributed by atoms with Crippen molar-refractivity contribution in [2.75, 3.05) is 0 Å². The van der Waals surface area contributed by atoms with Crippen LogP contribution in [0.2, 0.25) is 0 Å². The molecule has 0 saturated carbocycles. The van der Waals surface area contributed by atoms with E-state index < -0.39 is 0 Å². The summed E-state index contributed by atoms with van der Waals surface area (Å²) in [5, 5.41) is 17.0. The van der Waals surface area contributed by atoms with E-state index in [2.05, 4.69) is 41.8 Å². The standard InChI is InChI=1S/C8H4Br2N4/c9-7-5(1-3-11)13-8(10)6(14-7)2-4-12/h1-2H2. The van der Waals surface area contributed by atoms with E-state index in [4.69, 9.17) is 10.5 Å². The van der Waals surface area contributed by atoms with Gasteiger partial charge in [0, 0.05) is 0 Å². The Kier molecular flexibility index (Phi) is 3.99. The number of rotatable bonds is 2. The molecule has 6 heteroatoms. The van der Waals surface area contributed by atoms with Gasteiger partial charge in [-0.3, -0.25) is 0 Å². The Bertz CT molecular complexity index is 388. The lowest BCUT2D eigenvalue weighted by Gasteiger charge is -2.02. The van der Waals surface area contributed by atoms with Crippen LogP contribution in [0.3, 0.4) is 0 Å². The molecule has 0 aliphatic carbocycles. The van der Waals surface area contributed by atoms with Crippen molar-refractivity contribution in [1.82, 2.24) is 9.97 Å². The smallest absolute Gasteiger partial charge is 0.129 e. The molecule has 1 aromatic heterocycles. The molecule has 0 radical (unpaired) electrons. The van der Waals surface area contributed by atoms with Crippen molar-refractivity contribution < 1.29 is 0 Å². The highest BCUT2D eigenvalue weighted by atomic mass is 79.9. The number of halogens is 2. The lowest BCUT2D eigenvalue weighted by Crippen LogP contribution is -2.00. The topological polar surface area (TPSA) is 73.4 Å². The summed E-state index contributed by atoms with van der Waals surface area (Å²) in [5.41, 5.74) is 1.14. The Hall–Kier alpha value is -0.980. The van der Waals surface area contributed by atoms with E-state index in [0.29, 0.717) is 20.6 Å². The highest BCUT2D eigenvalue weighted by Gasteiger charge is 2.09. The number of hydrogen-bond donors (Lipinski definition) is 0. The SMILES string of the molecule is N#CCc1nc(Br)c(CC#N)nc1Br. The second-order valence-electron chi connectivity index (χ2n) is 2.37. The van der Waals surface area contributed by atoms with Crippen molar-refractivity contribution in [2.24, 2.45) is 0 Å². The van der Waals surface area contributed by atoms with Crippen LogP contribution in [0.4, 0.5) is 0 Å². The number of nitriles is 2. The van der Waals surface area contributed by atoms with Crippen molar-refractivity contribution in [3.63, 3.8) is 0 Å². The van der Waals surface area contributed by atoms with Gasteiger partial charge in [-0.1, -0.05) is 0 Å². The van der Waals surface area contributed by atoms with Gasteiger partial charge in [-0.15, -0.1) is 0 Å². The van der Waals surface area contributed by atoms with Crippen molar-refractivity contribution in [3.8, 4) is 12.1 Å². The molecule has 1 aromatic rings. The molecule has 1 rings (SSSR count). The molecule has 0 spiro atoms. The maximum Gasteiger partial charge on any atom is 0.129 e. The van der Waals surface area contributed by atoms with E-state index in [1.165, 1.54) is 0 Å². The maximum atomic E-state index is 8.50. The van der Waals surface area contributed by atoms with Gasteiger partial charge < -0.3 is 0 Å². The maximum absolute atomic E-state index is 8.50. The average molecular weight is 316 g/mol. The van der Waals surface area contributed by atoms with Crippen molar-refractivity contribution in [3.05, 3.63) is 20.6 Å². The molecule has 1 heterocycles. The molecule has 14 heavy (non-hydrogen) atoms. The predicted molar refractivity (Wildman–Crippen MR) is 56.1 cm³/mol. The molecule has 70 valence electrons. The fourth-order valence-corrected chi connectivity index (χ4v) is 1.72. The van der Waals surface area contributed by atoms with Crippen LogP contribution >= 0.6 is 31.9 Å². The molecule has 0 aliphatic heterocycles. The molecule has 4 nitrogen and oxygen atoms in total. The summed E-state index contributed by atoms with van der Waals surface area (Å²) in [6.45, 7) is 0. The summed E-state index contributed by atoms with van der Waals surface area (Å²) < 4.78 is 1.04. The third-order valence-electron chi connectivity index (χ3n) is 1.44. The quantitative estimate of drug-likeness (QED) is 0.838. The molecule has 0 atom stereocenters. The first-order chi connectivity index (χ1) is 6.69. The average Bonchev–Trinajstić information content (AvgIpc) is 2.14. The third-order valence-corrected chi connectivity index (χ3v) is 2.71. The second-order valence-corrected chi connectivity index (χ2v) is 3.87. The van der Waals surface area contributed by atoms with Crippen molar-refractivity contribution in [1.29, 1.82) is 10.5 Å². The van der Waals surface area contributed by atoms with Crippen LogP contribution in [0, 0.1) is 22.7 Å². The molecule has 0 fully saturated rings. The first-order valence-corrected chi connectivity index (χ1v) is 5.22. The zero-order valence-corrected chi connectivity index (χ0v) is 10.1. The number of nitrogens with zero attached hydrogens (tertiary/aromatic N) is 4. The molecule has 0 N–H and O–H groups in total. The van der Waals surface area contributed by atoms with E-state index >= 15 is 0 Å². The van der Waals surface area contributed by atoms with Crippen LogP contribution in [0.25, 0.3) is 0 Å². The Balaban J connectivity index is 3.13. The van der Waals surface area contributed by atoms with Gasteiger partial charge in [0.15, 0.2) is 0 Å². The molecular formula is C8H4Br2N4. The molecule has 0 amide bonds. The van der Waals surface area contributed by atoms with Crippen LogP contribution < -0.4 is 0 Å². The summed E-state index contributed by atoms with van der Waals surface area (Å²) >= 11 is 6.39. The fraction of sp³-hybridized carbons (Fsp3) is 0.250. The Morgan fingerprint density at radius 3 is 1.57 bits per heavy atom. The van der Waals surface area contributed by atoms with Crippen LogP contribution in [-0.4, -0.2) is 9.97 Å². The fourth-order valence-electron chi connectivity index (χ4n) is 0.833. The first-order valence-electron chi connectivity index (χ1n) is 3.63. The van der Waals surface area contributed by atoms with Gasteiger partial charge in [-0.2, -0.15) is 10.5 Å². The molecular weight excluding hydrogens is 312 g/mol. The van der Waals surface area contributed by atoms with E-state index in [1.54, 1.807) is 0 Å². The van der Waals surface area contributed by atoms with Gasteiger partial charge in [-0.25, -0.2) is 9.97 Å². The zero-order chi connectivity index (χ0) is 10.6. The minimum Gasteiger partial charge on any atom is -0.240 e. The largest absolute Gasteiger partial charge is 0.240 e. The van der Waals surface area contributed by atoms with Crippen LogP contribution in [0.5, 0.6) is 0 Å². The van der Waals surface area contributed by atoms with Gasteiger partial charge >= 0.3 is 0 Å². The minimum absolute atomic E-state index is 0.193. The summed E-state index contributed by atoms with van der Waals surface area (Å²) in [6, 6.07) is 3.97. The van der Waals surface area contributed by atoms with Crippen molar-refractivity contribution in [2.45, 2.75) is 12.8 Å². The normalized spacial score (nSPS) is 9.14.